The van der Waals surface area contributed by atoms with Crippen LogP contribution in [-0.4, -0.2) is 54.5 Å². The number of rotatable bonds is 4. The van der Waals surface area contributed by atoms with Gasteiger partial charge in [-0.15, -0.1) is 16.4 Å². The molecule has 1 saturated heterocycles. The van der Waals surface area contributed by atoms with Crippen LogP contribution in [0.15, 0.2) is 48.1 Å². The van der Waals surface area contributed by atoms with Crippen LogP contribution in [-0.2, 0) is 16.1 Å². The second-order valence-corrected chi connectivity index (χ2v) is 9.22. The summed E-state index contributed by atoms with van der Waals surface area (Å²) in [7, 11) is 0. The van der Waals surface area contributed by atoms with Gasteiger partial charge < -0.3 is 10.2 Å². The number of carbonyl (C=O) groups excluding carboxylic acids is 4. The molecular formula is C23H17N7O4S. The van der Waals surface area contributed by atoms with Gasteiger partial charge in [0, 0.05) is 18.5 Å². The molecule has 1 unspecified atom stereocenters. The van der Waals surface area contributed by atoms with Crippen LogP contribution in [0.5, 0.6) is 0 Å². The molecule has 1 fully saturated rings. The Labute approximate surface area is 201 Å². The van der Waals surface area contributed by atoms with Gasteiger partial charge in [-0.1, -0.05) is 5.21 Å². The van der Waals surface area contributed by atoms with Gasteiger partial charge in [0.15, 0.2) is 5.69 Å². The first-order chi connectivity index (χ1) is 17.0. The molecule has 0 radical (unpaired) electrons. The van der Waals surface area contributed by atoms with E-state index in [9.17, 15) is 19.2 Å². The Morgan fingerprint density at radius 1 is 1.17 bits per heavy atom. The fraction of sp³-hybridized carbons (Fsp3) is 0.174. The molecule has 174 valence electrons. The predicted molar refractivity (Wildman–Crippen MR) is 125 cm³/mol. The number of piperidine rings is 1. The Kier molecular flexibility index (Phi) is 4.88. The maximum atomic E-state index is 12.9. The van der Waals surface area contributed by atoms with Crippen LogP contribution in [0.4, 0.5) is 5.69 Å². The van der Waals surface area contributed by atoms with E-state index < -0.39 is 17.9 Å². The minimum absolute atomic E-state index is 0.123. The lowest BCUT2D eigenvalue weighted by Gasteiger charge is -2.29. The highest BCUT2D eigenvalue weighted by atomic mass is 32.1. The predicted octanol–water partition coefficient (Wildman–Crippen LogP) is 1.89. The van der Waals surface area contributed by atoms with E-state index >= 15 is 0 Å². The Hall–Kier alpha value is -4.45. The molecule has 11 nitrogen and oxygen atoms in total. The number of amides is 4. The van der Waals surface area contributed by atoms with Crippen molar-refractivity contribution in [2.75, 3.05) is 5.32 Å². The van der Waals surface area contributed by atoms with Gasteiger partial charge in [0.2, 0.25) is 11.8 Å². The Morgan fingerprint density at radius 2 is 2.06 bits per heavy atom. The van der Waals surface area contributed by atoms with Gasteiger partial charge in [-0.3, -0.25) is 29.5 Å². The summed E-state index contributed by atoms with van der Waals surface area (Å²) in [6, 6.07) is 8.23. The molecule has 1 atom stereocenters. The number of fused-ring (bicyclic) bond motifs is 2. The van der Waals surface area contributed by atoms with Gasteiger partial charge in [-0.05, 0) is 47.7 Å². The SMILES string of the molecule is O=C1CCC(N2Cc3cc(-n4cc(C(=O)Nc5cnc6ccsc6c5)nn4)ccc3C2=O)C(=O)N1. The maximum absolute atomic E-state index is 12.9. The lowest BCUT2D eigenvalue weighted by atomic mass is 10.0. The molecule has 0 aliphatic carbocycles. The fourth-order valence-corrected chi connectivity index (χ4v) is 5.09. The quantitative estimate of drug-likeness (QED) is 0.419. The number of imide groups is 1. The van der Waals surface area contributed by atoms with Crippen molar-refractivity contribution in [1.29, 1.82) is 0 Å². The van der Waals surface area contributed by atoms with Crippen molar-refractivity contribution in [3.05, 3.63) is 64.9 Å². The van der Waals surface area contributed by atoms with Crippen molar-refractivity contribution in [3.8, 4) is 5.69 Å². The average Bonchev–Trinajstić information content (AvgIpc) is 3.58. The molecule has 1 aromatic carbocycles. The monoisotopic (exact) mass is 487 g/mol. The third kappa shape index (κ3) is 3.73. The number of hydrogen-bond donors (Lipinski definition) is 2. The number of thiophene rings is 1. The number of pyridine rings is 1. The van der Waals surface area contributed by atoms with Crippen LogP contribution >= 0.6 is 11.3 Å². The highest BCUT2D eigenvalue weighted by Crippen LogP contribution is 2.29. The van der Waals surface area contributed by atoms with Crippen molar-refractivity contribution in [2.24, 2.45) is 0 Å². The zero-order chi connectivity index (χ0) is 24.1. The van der Waals surface area contributed by atoms with Crippen LogP contribution in [0.1, 0.15) is 39.3 Å². The van der Waals surface area contributed by atoms with Crippen molar-refractivity contribution >= 4 is 50.9 Å². The van der Waals surface area contributed by atoms with E-state index in [-0.39, 0.29) is 30.5 Å². The number of hydrogen-bond acceptors (Lipinski definition) is 8. The molecule has 0 spiro atoms. The number of anilines is 1. The van der Waals surface area contributed by atoms with Gasteiger partial charge in [0.05, 0.1) is 34.0 Å². The third-order valence-corrected chi connectivity index (χ3v) is 6.91. The number of nitrogens with one attached hydrogen (secondary N) is 2. The van der Waals surface area contributed by atoms with Gasteiger partial charge in [0.1, 0.15) is 6.04 Å². The lowest BCUT2D eigenvalue weighted by Crippen LogP contribution is -2.52. The van der Waals surface area contributed by atoms with E-state index in [2.05, 4.69) is 25.9 Å². The summed E-state index contributed by atoms with van der Waals surface area (Å²) in [5.41, 5.74) is 3.39. The summed E-state index contributed by atoms with van der Waals surface area (Å²) in [6.07, 6.45) is 3.59. The summed E-state index contributed by atoms with van der Waals surface area (Å²) in [4.78, 5) is 55.0. The Bertz CT molecular complexity index is 1540. The van der Waals surface area contributed by atoms with Crippen LogP contribution < -0.4 is 10.6 Å². The van der Waals surface area contributed by atoms with E-state index in [1.54, 1.807) is 24.4 Å². The third-order valence-electron chi connectivity index (χ3n) is 6.06. The molecule has 35 heavy (non-hydrogen) atoms. The van der Waals surface area contributed by atoms with E-state index in [1.807, 2.05) is 17.5 Å². The first-order valence-electron chi connectivity index (χ1n) is 10.8. The largest absolute Gasteiger partial charge is 0.322 e. The molecule has 2 aliphatic heterocycles. The second-order valence-electron chi connectivity index (χ2n) is 8.27. The number of benzene rings is 1. The molecule has 4 aromatic rings. The van der Waals surface area contributed by atoms with Crippen LogP contribution in [0, 0.1) is 0 Å². The summed E-state index contributed by atoms with van der Waals surface area (Å²) >= 11 is 1.53. The summed E-state index contributed by atoms with van der Waals surface area (Å²) < 4.78 is 2.42. The van der Waals surface area contributed by atoms with Crippen LogP contribution in [0.25, 0.3) is 15.9 Å². The average molecular weight is 488 g/mol. The smallest absolute Gasteiger partial charge is 0.277 e. The van der Waals surface area contributed by atoms with Crippen molar-refractivity contribution in [2.45, 2.75) is 25.4 Å². The maximum Gasteiger partial charge on any atom is 0.277 e. The molecule has 0 bridgehead atoms. The molecule has 2 aliphatic rings. The van der Waals surface area contributed by atoms with E-state index in [1.165, 1.54) is 27.1 Å². The van der Waals surface area contributed by atoms with Crippen LogP contribution in [0.2, 0.25) is 0 Å². The molecule has 3 aromatic heterocycles. The van der Waals surface area contributed by atoms with Crippen molar-refractivity contribution < 1.29 is 19.2 Å². The van der Waals surface area contributed by atoms with E-state index in [0.29, 0.717) is 23.4 Å². The van der Waals surface area contributed by atoms with Crippen molar-refractivity contribution in [1.82, 2.24) is 30.2 Å². The minimum atomic E-state index is -0.680. The van der Waals surface area contributed by atoms with E-state index in [4.69, 9.17) is 0 Å². The van der Waals surface area contributed by atoms with Crippen molar-refractivity contribution in [3.63, 3.8) is 0 Å². The second kappa shape index (κ2) is 8.09. The number of nitrogens with zero attached hydrogens (tertiary/aromatic N) is 5. The molecule has 6 rings (SSSR count). The van der Waals surface area contributed by atoms with Gasteiger partial charge in [-0.25, -0.2) is 4.68 Å². The minimum Gasteiger partial charge on any atom is -0.322 e. The summed E-state index contributed by atoms with van der Waals surface area (Å²) in [5.74, 6) is -1.46. The molecular weight excluding hydrogens is 470 g/mol. The normalized spacial score (nSPS) is 17.5. The van der Waals surface area contributed by atoms with Gasteiger partial charge in [-0.2, -0.15) is 0 Å². The molecule has 4 amide bonds. The van der Waals surface area contributed by atoms with Gasteiger partial charge >= 0.3 is 0 Å². The summed E-state index contributed by atoms with van der Waals surface area (Å²) in [5, 5.41) is 15.0. The standard InChI is InChI=1S/C23H17N7O4S/c31-20-4-3-18(22(33)26-20)29-10-12-7-14(1-2-15(12)23(29)34)30-11-17(27-28-30)21(32)25-13-8-19-16(24-9-13)5-6-35-19/h1-2,5-9,11,18H,3-4,10H2,(H,25,32)(H,26,31,33). The topological polar surface area (TPSA) is 139 Å². The highest BCUT2D eigenvalue weighted by Gasteiger charge is 2.39. The first-order valence-corrected chi connectivity index (χ1v) is 11.7. The summed E-state index contributed by atoms with van der Waals surface area (Å²) in [6.45, 7) is 0.245. The number of aromatic nitrogens is 4. The number of carbonyl (C=O) groups is 4. The van der Waals surface area contributed by atoms with E-state index in [0.717, 1.165) is 15.8 Å². The molecule has 5 heterocycles. The molecule has 2 N–H and O–H groups in total. The Balaban J connectivity index is 1.19. The van der Waals surface area contributed by atoms with Crippen LogP contribution in [0.3, 0.4) is 0 Å². The molecule has 12 heteroatoms. The zero-order valence-electron chi connectivity index (χ0n) is 18.1. The Morgan fingerprint density at radius 3 is 2.91 bits per heavy atom. The van der Waals surface area contributed by atoms with Gasteiger partial charge in [0.25, 0.3) is 11.8 Å². The zero-order valence-corrected chi connectivity index (χ0v) is 18.9. The lowest BCUT2D eigenvalue weighted by molar-refractivity contribution is -0.136. The highest BCUT2D eigenvalue weighted by molar-refractivity contribution is 7.17. The fourth-order valence-electron chi connectivity index (χ4n) is 4.31. The first kappa shape index (κ1) is 21.1. The molecule has 0 saturated carbocycles.